The van der Waals surface area contributed by atoms with Gasteiger partial charge in [0.05, 0.1) is 19.1 Å². The van der Waals surface area contributed by atoms with E-state index in [2.05, 4.69) is 14.5 Å². The summed E-state index contributed by atoms with van der Waals surface area (Å²) in [4.78, 5) is 27.0. The van der Waals surface area contributed by atoms with E-state index >= 15 is 0 Å². The van der Waals surface area contributed by atoms with Gasteiger partial charge in [-0.2, -0.15) is 0 Å². The summed E-state index contributed by atoms with van der Waals surface area (Å²) in [6.07, 6.45) is 7.39. The van der Waals surface area contributed by atoms with E-state index in [1.807, 2.05) is 0 Å². The number of carbonyl (C=O) groups excluding carboxylic acids is 2. The molecule has 0 unspecified atom stereocenters. The van der Waals surface area contributed by atoms with E-state index < -0.39 is 22.0 Å². The average molecular weight is 428 g/mol. The fourth-order valence-corrected chi connectivity index (χ4v) is 4.66. The van der Waals surface area contributed by atoms with Gasteiger partial charge in [-0.1, -0.05) is 18.2 Å². The van der Waals surface area contributed by atoms with Gasteiger partial charge in [-0.05, 0) is 47.4 Å². The summed E-state index contributed by atoms with van der Waals surface area (Å²) >= 11 is 0. The maximum absolute atomic E-state index is 13.3. The third kappa shape index (κ3) is 4.41. The molecule has 0 fully saturated rings. The molecular formula is C21H20N2O6S. The quantitative estimate of drug-likeness (QED) is 0.513. The predicted molar refractivity (Wildman–Crippen MR) is 111 cm³/mol. The van der Waals surface area contributed by atoms with Crippen molar-refractivity contribution in [1.82, 2.24) is 4.98 Å². The highest BCUT2D eigenvalue weighted by atomic mass is 32.2. The van der Waals surface area contributed by atoms with Crippen LogP contribution in [0, 0.1) is 0 Å². The number of sulfonamides is 1. The Morgan fingerprint density at radius 3 is 2.43 bits per heavy atom. The summed E-state index contributed by atoms with van der Waals surface area (Å²) < 4.78 is 37.0. The maximum atomic E-state index is 13.3. The molecule has 9 heteroatoms. The number of anilines is 1. The van der Waals surface area contributed by atoms with E-state index in [1.54, 1.807) is 30.3 Å². The Morgan fingerprint density at radius 1 is 1.07 bits per heavy atom. The monoisotopic (exact) mass is 428 g/mol. The number of rotatable bonds is 6. The number of fused-ring (bicyclic) bond motifs is 1. The van der Waals surface area contributed by atoms with Crippen molar-refractivity contribution < 1.29 is 27.5 Å². The summed E-state index contributed by atoms with van der Waals surface area (Å²) in [6.45, 7) is 0.240. The van der Waals surface area contributed by atoms with Crippen molar-refractivity contribution in [3.63, 3.8) is 0 Å². The van der Waals surface area contributed by atoms with E-state index in [4.69, 9.17) is 0 Å². The van der Waals surface area contributed by atoms with Gasteiger partial charge in [0, 0.05) is 24.9 Å². The lowest BCUT2D eigenvalue weighted by atomic mass is 10.1. The minimum Gasteiger partial charge on any atom is -0.466 e. The first-order chi connectivity index (χ1) is 14.4. The standard InChI is InChI=1S/C21H20N2O6S/c1-28-19(24)9-7-15-13-17-11-12-23(21(17)22-14-15)30(26,27)18-6-4-3-5-16(18)8-10-20(25)29-2/h3-10,13-14H,11-12H2,1-2H3. The lowest BCUT2D eigenvalue weighted by Gasteiger charge is -2.20. The van der Waals surface area contributed by atoms with Crippen molar-refractivity contribution in [2.24, 2.45) is 0 Å². The first kappa shape index (κ1) is 21.3. The van der Waals surface area contributed by atoms with E-state index in [9.17, 15) is 18.0 Å². The molecule has 2 heterocycles. The summed E-state index contributed by atoms with van der Waals surface area (Å²) in [5, 5.41) is 0. The highest BCUT2D eigenvalue weighted by Gasteiger charge is 2.33. The van der Waals surface area contributed by atoms with Crippen molar-refractivity contribution in [2.45, 2.75) is 11.3 Å². The number of pyridine rings is 1. The molecule has 3 rings (SSSR count). The number of aromatic nitrogens is 1. The number of benzene rings is 1. The largest absolute Gasteiger partial charge is 0.466 e. The smallest absolute Gasteiger partial charge is 0.330 e. The Hall–Kier alpha value is -3.46. The third-order valence-electron chi connectivity index (χ3n) is 4.48. The second kappa shape index (κ2) is 8.91. The summed E-state index contributed by atoms with van der Waals surface area (Å²) in [6, 6.07) is 8.19. The fraction of sp³-hybridized carbons (Fsp3) is 0.190. The Balaban J connectivity index is 1.94. The van der Waals surface area contributed by atoms with E-state index in [1.165, 1.54) is 49.0 Å². The van der Waals surface area contributed by atoms with E-state index in [0.717, 1.165) is 5.56 Å². The van der Waals surface area contributed by atoms with Crippen LogP contribution in [0.1, 0.15) is 16.7 Å². The van der Waals surface area contributed by atoms with Crippen LogP contribution in [0.3, 0.4) is 0 Å². The Labute approximate surface area is 174 Å². The fourth-order valence-electron chi connectivity index (χ4n) is 3.01. The van der Waals surface area contributed by atoms with Crippen LogP contribution in [0.25, 0.3) is 12.2 Å². The molecule has 0 N–H and O–H groups in total. The topological polar surface area (TPSA) is 103 Å². The SMILES string of the molecule is COC(=O)C=Cc1cnc2c(c1)CCN2S(=O)(=O)c1ccccc1C=CC(=O)OC. The van der Waals surface area contributed by atoms with Crippen LogP contribution in [-0.2, 0) is 35.5 Å². The molecule has 1 aromatic carbocycles. The summed E-state index contributed by atoms with van der Waals surface area (Å²) in [5.41, 5.74) is 1.79. The highest BCUT2D eigenvalue weighted by Crippen LogP contribution is 2.33. The molecule has 0 aliphatic carbocycles. The van der Waals surface area contributed by atoms with E-state index in [0.29, 0.717) is 23.4 Å². The summed E-state index contributed by atoms with van der Waals surface area (Å²) in [5.74, 6) is -0.726. The van der Waals surface area contributed by atoms with Crippen molar-refractivity contribution in [3.8, 4) is 0 Å². The molecule has 0 amide bonds. The Morgan fingerprint density at radius 2 is 1.73 bits per heavy atom. The van der Waals surface area contributed by atoms with Gasteiger partial charge in [-0.15, -0.1) is 0 Å². The van der Waals surface area contributed by atoms with Gasteiger partial charge in [-0.3, -0.25) is 0 Å². The van der Waals surface area contributed by atoms with Crippen molar-refractivity contribution in [3.05, 3.63) is 65.4 Å². The lowest BCUT2D eigenvalue weighted by molar-refractivity contribution is -0.135. The molecular weight excluding hydrogens is 408 g/mol. The maximum Gasteiger partial charge on any atom is 0.330 e. The molecule has 1 aromatic heterocycles. The molecule has 30 heavy (non-hydrogen) atoms. The molecule has 156 valence electrons. The average Bonchev–Trinajstić information content (AvgIpc) is 3.20. The second-order valence-corrected chi connectivity index (χ2v) is 8.16. The molecule has 0 radical (unpaired) electrons. The van der Waals surface area contributed by atoms with Gasteiger partial charge < -0.3 is 9.47 Å². The van der Waals surface area contributed by atoms with Crippen molar-refractivity contribution in [1.29, 1.82) is 0 Å². The highest BCUT2D eigenvalue weighted by molar-refractivity contribution is 7.93. The van der Waals surface area contributed by atoms with Gasteiger partial charge >= 0.3 is 11.9 Å². The predicted octanol–water partition coefficient (Wildman–Crippen LogP) is 2.21. The number of esters is 2. The minimum absolute atomic E-state index is 0.0643. The zero-order valence-electron chi connectivity index (χ0n) is 16.4. The van der Waals surface area contributed by atoms with Crippen LogP contribution >= 0.6 is 0 Å². The Bertz CT molecular complexity index is 1140. The Kier molecular flexibility index (Phi) is 6.31. The van der Waals surface area contributed by atoms with Crippen LogP contribution in [0.5, 0.6) is 0 Å². The zero-order chi connectivity index (χ0) is 21.7. The molecule has 8 nitrogen and oxygen atoms in total. The van der Waals surface area contributed by atoms with Gasteiger partial charge in [0.2, 0.25) is 0 Å². The van der Waals surface area contributed by atoms with Crippen LogP contribution in [0.2, 0.25) is 0 Å². The normalized spacial score (nSPS) is 13.6. The molecule has 0 saturated carbocycles. The molecule has 0 bridgehead atoms. The second-order valence-electron chi connectivity index (χ2n) is 6.33. The lowest BCUT2D eigenvalue weighted by Crippen LogP contribution is -2.30. The molecule has 1 aliphatic heterocycles. The molecule has 2 aromatic rings. The number of nitrogens with zero attached hydrogens (tertiary/aromatic N) is 2. The van der Waals surface area contributed by atoms with E-state index in [-0.39, 0.29) is 11.4 Å². The molecule has 0 atom stereocenters. The van der Waals surface area contributed by atoms with Crippen LogP contribution in [0.15, 0.2) is 53.6 Å². The van der Waals surface area contributed by atoms with Gasteiger partial charge in [0.25, 0.3) is 10.0 Å². The van der Waals surface area contributed by atoms with Gasteiger partial charge in [0.1, 0.15) is 5.82 Å². The zero-order valence-corrected chi connectivity index (χ0v) is 17.3. The number of hydrogen-bond acceptors (Lipinski definition) is 7. The number of methoxy groups -OCH3 is 2. The van der Waals surface area contributed by atoms with Crippen LogP contribution in [-0.4, -0.2) is 46.1 Å². The number of ether oxygens (including phenoxy) is 2. The number of carbonyl (C=O) groups is 2. The van der Waals surface area contributed by atoms with Crippen molar-refractivity contribution in [2.75, 3.05) is 25.1 Å². The van der Waals surface area contributed by atoms with Crippen LogP contribution < -0.4 is 4.31 Å². The van der Waals surface area contributed by atoms with Gasteiger partial charge in [0.15, 0.2) is 0 Å². The molecule has 0 saturated heterocycles. The molecule has 1 aliphatic rings. The summed E-state index contributed by atoms with van der Waals surface area (Å²) in [7, 11) is -1.37. The number of hydrogen-bond donors (Lipinski definition) is 0. The first-order valence-electron chi connectivity index (χ1n) is 8.99. The van der Waals surface area contributed by atoms with Gasteiger partial charge in [-0.25, -0.2) is 27.3 Å². The minimum atomic E-state index is -3.90. The van der Waals surface area contributed by atoms with Crippen LogP contribution in [0.4, 0.5) is 5.82 Å². The third-order valence-corrected chi connectivity index (χ3v) is 6.35. The first-order valence-corrected chi connectivity index (χ1v) is 10.4. The van der Waals surface area contributed by atoms with Crippen molar-refractivity contribution >= 4 is 39.9 Å². The molecule has 0 spiro atoms.